The highest BCUT2D eigenvalue weighted by molar-refractivity contribution is 5.24. The largest absolute Gasteiger partial charge is 0.475 e. The summed E-state index contributed by atoms with van der Waals surface area (Å²) in [5.41, 5.74) is 1.78. The molecule has 1 heterocycles. The summed E-state index contributed by atoms with van der Waals surface area (Å²) in [6.07, 6.45) is 1.90. The first-order valence-electron chi connectivity index (χ1n) is 6.60. The van der Waals surface area contributed by atoms with Crippen molar-refractivity contribution in [3.63, 3.8) is 0 Å². The molecule has 0 saturated carbocycles. The molecule has 0 atom stereocenters. The topological polar surface area (TPSA) is 60.8 Å². The van der Waals surface area contributed by atoms with E-state index in [0.717, 1.165) is 24.1 Å². The third-order valence-electron chi connectivity index (χ3n) is 2.51. The summed E-state index contributed by atoms with van der Waals surface area (Å²) in [6.45, 7) is 4.18. The fourth-order valence-corrected chi connectivity index (χ4v) is 1.62. The molecule has 0 aliphatic heterocycles. The molecular weight excluding hydrogens is 246 g/mol. The van der Waals surface area contributed by atoms with Gasteiger partial charge < -0.3 is 19.3 Å². The van der Waals surface area contributed by atoms with E-state index in [4.69, 9.17) is 14.2 Å². The zero-order chi connectivity index (χ0) is 13.9. The van der Waals surface area contributed by atoms with Crippen molar-refractivity contribution in [2.75, 3.05) is 33.5 Å². The van der Waals surface area contributed by atoms with Gasteiger partial charge in [-0.05, 0) is 18.1 Å². The first-order valence-corrected chi connectivity index (χ1v) is 6.60. The highest BCUT2D eigenvalue weighted by Crippen LogP contribution is 2.14. The molecule has 5 heteroatoms. The Morgan fingerprint density at radius 2 is 1.95 bits per heavy atom. The normalized spacial score (nSPS) is 10.7. The van der Waals surface area contributed by atoms with Crippen LogP contribution in [-0.2, 0) is 22.5 Å². The summed E-state index contributed by atoms with van der Waals surface area (Å²) in [5, 5.41) is 9.20. The zero-order valence-electron chi connectivity index (χ0n) is 11.7. The quantitative estimate of drug-likeness (QED) is 0.653. The second-order valence-corrected chi connectivity index (χ2v) is 4.17. The summed E-state index contributed by atoms with van der Waals surface area (Å²) in [4.78, 5) is 4.39. The first kappa shape index (κ1) is 15.9. The van der Waals surface area contributed by atoms with Gasteiger partial charge in [-0.3, -0.25) is 0 Å². The molecule has 0 fully saturated rings. The number of hydrogen-bond acceptors (Lipinski definition) is 5. The SMILES string of the molecule is CCCc1cc(CO)cc(OCCOCCOC)n1. The van der Waals surface area contributed by atoms with Gasteiger partial charge in [-0.2, -0.15) is 0 Å². The smallest absolute Gasteiger partial charge is 0.213 e. The molecule has 0 bridgehead atoms. The molecule has 1 aromatic rings. The van der Waals surface area contributed by atoms with Crippen LogP contribution in [0.2, 0.25) is 0 Å². The lowest BCUT2D eigenvalue weighted by atomic mass is 10.2. The Morgan fingerprint density at radius 3 is 2.63 bits per heavy atom. The van der Waals surface area contributed by atoms with Crippen LogP contribution in [-0.4, -0.2) is 43.6 Å². The zero-order valence-corrected chi connectivity index (χ0v) is 11.7. The molecule has 5 nitrogen and oxygen atoms in total. The number of aryl methyl sites for hydroxylation is 1. The molecular formula is C14H23NO4. The lowest BCUT2D eigenvalue weighted by Gasteiger charge is -2.09. The lowest BCUT2D eigenvalue weighted by Crippen LogP contribution is -2.11. The molecule has 1 N–H and O–H groups in total. The average molecular weight is 269 g/mol. The van der Waals surface area contributed by atoms with Gasteiger partial charge in [0.05, 0.1) is 26.4 Å². The van der Waals surface area contributed by atoms with Gasteiger partial charge in [0.15, 0.2) is 0 Å². The monoisotopic (exact) mass is 269 g/mol. The Balaban J connectivity index is 2.41. The van der Waals surface area contributed by atoms with Crippen LogP contribution in [0.1, 0.15) is 24.6 Å². The van der Waals surface area contributed by atoms with Crippen molar-refractivity contribution < 1.29 is 19.3 Å². The van der Waals surface area contributed by atoms with Gasteiger partial charge in [-0.25, -0.2) is 4.98 Å². The number of ether oxygens (including phenoxy) is 3. The maximum absolute atomic E-state index is 9.20. The molecule has 0 amide bonds. The van der Waals surface area contributed by atoms with E-state index < -0.39 is 0 Å². The van der Waals surface area contributed by atoms with Gasteiger partial charge in [-0.1, -0.05) is 13.3 Å². The minimum absolute atomic E-state index is 0.0000663. The van der Waals surface area contributed by atoms with Crippen molar-refractivity contribution in [3.8, 4) is 5.88 Å². The van der Waals surface area contributed by atoms with Crippen LogP contribution in [0.3, 0.4) is 0 Å². The number of aliphatic hydroxyl groups is 1. The highest BCUT2D eigenvalue weighted by atomic mass is 16.5. The predicted octanol–water partition coefficient (Wildman–Crippen LogP) is 1.57. The van der Waals surface area contributed by atoms with Gasteiger partial charge in [0, 0.05) is 18.9 Å². The summed E-state index contributed by atoms with van der Waals surface area (Å²) >= 11 is 0. The number of hydrogen-bond donors (Lipinski definition) is 1. The van der Waals surface area contributed by atoms with E-state index in [2.05, 4.69) is 11.9 Å². The average Bonchev–Trinajstić information content (AvgIpc) is 2.43. The second kappa shape index (κ2) is 9.72. The van der Waals surface area contributed by atoms with Gasteiger partial charge in [0.1, 0.15) is 6.61 Å². The Hall–Kier alpha value is -1.17. The molecule has 19 heavy (non-hydrogen) atoms. The van der Waals surface area contributed by atoms with Crippen LogP contribution in [0.4, 0.5) is 0 Å². The number of methoxy groups -OCH3 is 1. The fraction of sp³-hybridized carbons (Fsp3) is 0.643. The summed E-state index contributed by atoms with van der Waals surface area (Å²) in [5.74, 6) is 0.547. The van der Waals surface area contributed by atoms with E-state index >= 15 is 0 Å². The fourth-order valence-electron chi connectivity index (χ4n) is 1.62. The van der Waals surface area contributed by atoms with Crippen LogP contribution in [0.5, 0.6) is 5.88 Å². The molecule has 0 radical (unpaired) electrons. The summed E-state index contributed by atoms with van der Waals surface area (Å²) < 4.78 is 15.7. The summed E-state index contributed by atoms with van der Waals surface area (Å²) in [7, 11) is 1.64. The molecule has 0 saturated heterocycles. The molecule has 0 aliphatic rings. The van der Waals surface area contributed by atoms with E-state index in [1.54, 1.807) is 13.2 Å². The van der Waals surface area contributed by atoms with Crippen molar-refractivity contribution in [2.45, 2.75) is 26.4 Å². The molecule has 108 valence electrons. The molecule has 0 aromatic carbocycles. The molecule has 0 aliphatic carbocycles. The van der Waals surface area contributed by atoms with Crippen molar-refractivity contribution in [3.05, 3.63) is 23.4 Å². The van der Waals surface area contributed by atoms with Crippen LogP contribution in [0.25, 0.3) is 0 Å². The lowest BCUT2D eigenvalue weighted by molar-refractivity contribution is 0.0536. The maximum Gasteiger partial charge on any atom is 0.213 e. The number of aliphatic hydroxyl groups excluding tert-OH is 1. The van der Waals surface area contributed by atoms with Gasteiger partial charge >= 0.3 is 0 Å². The number of pyridine rings is 1. The maximum atomic E-state index is 9.20. The van der Waals surface area contributed by atoms with E-state index in [0.29, 0.717) is 32.3 Å². The standard InChI is InChI=1S/C14H23NO4/c1-3-4-13-9-12(11-16)10-14(15-13)19-8-7-18-6-5-17-2/h9-10,16H,3-8,11H2,1-2H3. The third-order valence-corrected chi connectivity index (χ3v) is 2.51. The van der Waals surface area contributed by atoms with Crippen LogP contribution in [0, 0.1) is 0 Å². The highest BCUT2D eigenvalue weighted by Gasteiger charge is 2.03. The van der Waals surface area contributed by atoms with Gasteiger partial charge in [0.25, 0.3) is 0 Å². The van der Waals surface area contributed by atoms with E-state index in [9.17, 15) is 5.11 Å². The number of nitrogens with zero attached hydrogens (tertiary/aromatic N) is 1. The van der Waals surface area contributed by atoms with Crippen LogP contribution in [0.15, 0.2) is 12.1 Å². The van der Waals surface area contributed by atoms with E-state index in [-0.39, 0.29) is 6.61 Å². The van der Waals surface area contributed by atoms with Gasteiger partial charge in [0.2, 0.25) is 5.88 Å². The second-order valence-electron chi connectivity index (χ2n) is 4.17. The molecule has 1 aromatic heterocycles. The third kappa shape index (κ3) is 6.52. The molecule has 1 rings (SSSR count). The van der Waals surface area contributed by atoms with E-state index in [1.165, 1.54) is 0 Å². The summed E-state index contributed by atoms with van der Waals surface area (Å²) in [6, 6.07) is 3.67. The number of aromatic nitrogens is 1. The van der Waals surface area contributed by atoms with Crippen molar-refractivity contribution in [1.29, 1.82) is 0 Å². The predicted molar refractivity (Wildman–Crippen MR) is 72.3 cm³/mol. The Labute approximate surface area is 114 Å². The van der Waals surface area contributed by atoms with Crippen molar-refractivity contribution in [2.24, 2.45) is 0 Å². The Bertz CT molecular complexity index is 357. The molecule has 0 unspecified atom stereocenters. The minimum Gasteiger partial charge on any atom is -0.475 e. The molecule has 0 spiro atoms. The van der Waals surface area contributed by atoms with E-state index in [1.807, 2.05) is 6.07 Å². The number of rotatable bonds is 10. The first-order chi connectivity index (χ1) is 9.30. The Kier molecular flexibility index (Phi) is 8.13. The van der Waals surface area contributed by atoms with Gasteiger partial charge in [-0.15, -0.1) is 0 Å². The van der Waals surface area contributed by atoms with Crippen molar-refractivity contribution in [1.82, 2.24) is 4.98 Å². The van der Waals surface area contributed by atoms with Crippen LogP contribution < -0.4 is 4.74 Å². The van der Waals surface area contributed by atoms with Crippen molar-refractivity contribution >= 4 is 0 Å². The minimum atomic E-state index is -0.0000663. The Morgan fingerprint density at radius 1 is 1.16 bits per heavy atom. The van der Waals surface area contributed by atoms with Crippen LogP contribution >= 0.6 is 0 Å².